The van der Waals surface area contributed by atoms with Gasteiger partial charge in [-0.15, -0.1) is 0 Å². The number of rotatable bonds is 77. The molecule has 0 aliphatic heterocycles. The second-order valence-corrected chi connectivity index (χ2v) is 33.1. The largest absolute Gasteiger partial charge is 0.472 e. The van der Waals surface area contributed by atoms with Gasteiger partial charge in [-0.2, -0.15) is 0 Å². The van der Waals surface area contributed by atoms with E-state index in [-0.39, 0.29) is 25.7 Å². The number of phosphoric ester groups is 2. The summed E-state index contributed by atoms with van der Waals surface area (Å²) in [5, 5.41) is 10.6. The molecule has 19 heteroatoms. The third kappa shape index (κ3) is 71.5. The van der Waals surface area contributed by atoms with Crippen molar-refractivity contribution < 1.29 is 80.2 Å². The molecule has 0 aromatic heterocycles. The fourth-order valence-corrected chi connectivity index (χ4v) is 13.8. The van der Waals surface area contributed by atoms with Gasteiger partial charge in [0, 0.05) is 25.7 Å². The molecule has 0 saturated heterocycles. The highest BCUT2D eigenvalue weighted by Crippen LogP contribution is 2.45. The third-order valence-corrected chi connectivity index (χ3v) is 21.2. The molecular formula is C80H156O17P2. The summed E-state index contributed by atoms with van der Waals surface area (Å²) >= 11 is 0. The van der Waals surface area contributed by atoms with E-state index in [1.54, 1.807) is 0 Å². The molecule has 7 atom stereocenters. The lowest BCUT2D eigenvalue weighted by Crippen LogP contribution is -2.30. The molecule has 99 heavy (non-hydrogen) atoms. The van der Waals surface area contributed by atoms with Crippen molar-refractivity contribution in [3.8, 4) is 0 Å². The Balaban J connectivity index is 5.20. The molecule has 0 saturated carbocycles. The molecule has 588 valence electrons. The summed E-state index contributed by atoms with van der Waals surface area (Å²) in [4.78, 5) is 72.9. The smallest absolute Gasteiger partial charge is 0.462 e. The average Bonchev–Trinajstić information content (AvgIpc) is 1.09. The molecule has 0 aliphatic rings. The van der Waals surface area contributed by atoms with E-state index in [1.165, 1.54) is 212 Å². The van der Waals surface area contributed by atoms with Gasteiger partial charge in [0.1, 0.15) is 19.3 Å². The van der Waals surface area contributed by atoms with E-state index in [1.807, 2.05) is 0 Å². The molecule has 0 aliphatic carbocycles. The van der Waals surface area contributed by atoms with Crippen LogP contribution in [0.15, 0.2) is 0 Å². The van der Waals surface area contributed by atoms with Crippen molar-refractivity contribution in [1.29, 1.82) is 0 Å². The summed E-state index contributed by atoms with van der Waals surface area (Å²) in [5.41, 5.74) is 0. The van der Waals surface area contributed by atoms with Crippen LogP contribution in [-0.2, 0) is 65.4 Å². The summed E-state index contributed by atoms with van der Waals surface area (Å²) in [6, 6.07) is 0. The van der Waals surface area contributed by atoms with E-state index in [0.717, 1.165) is 114 Å². The first-order valence-electron chi connectivity index (χ1n) is 41.3. The molecule has 17 nitrogen and oxygen atoms in total. The Morgan fingerprint density at radius 1 is 0.283 bits per heavy atom. The van der Waals surface area contributed by atoms with Gasteiger partial charge in [-0.1, -0.05) is 357 Å². The molecule has 0 bridgehead atoms. The second kappa shape index (κ2) is 69.1. The maximum absolute atomic E-state index is 13.1. The molecule has 0 spiro atoms. The minimum Gasteiger partial charge on any atom is -0.462 e. The topological polar surface area (TPSA) is 237 Å². The van der Waals surface area contributed by atoms with Gasteiger partial charge in [-0.25, -0.2) is 9.13 Å². The average molecular weight is 1450 g/mol. The first kappa shape index (κ1) is 97.1. The predicted molar refractivity (Wildman–Crippen MR) is 404 cm³/mol. The summed E-state index contributed by atoms with van der Waals surface area (Å²) in [7, 11) is -9.92. The normalized spacial score (nSPS) is 14.6. The molecule has 0 heterocycles. The zero-order valence-corrected chi connectivity index (χ0v) is 66.9. The number of ether oxygens (including phenoxy) is 4. The monoisotopic (exact) mass is 1450 g/mol. The van der Waals surface area contributed by atoms with Crippen LogP contribution in [0.1, 0.15) is 409 Å². The standard InChI is InChI=1S/C80H156O17P2/c1-9-72(7)58-50-42-34-25-19-17-15-13-11-12-14-16-18-20-27-36-44-52-60-77(82)90-66-75(96-79(84)62-54-46-38-28-22-21-26-35-43-51-59-73(8)10-2)68-94-98(86,87)92-64-74(81)65-93-99(88,89)95-69-76(67-91-78(83)61-53-45-37-31-30-33-41-49-57-71(5)6)97-80(85)63-55-47-39-29-23-24-32-40-48-56-70(3)4/h70-76,81H,9-69H2,1-8H3,(H,86,87)(H,88,89)/t72?,73?,74?,75-,76-/m1/s1. The van der Waals surface area contributed by atoms with Gasteiger partial charge in [0.05, 0.1) is 26.4 Å². The van der Waals surface area contributed by atoms with Crippen molar-refractivity contribution in [1.82, 2.24) is 0 Å². The van der Waals surface area contributed by atoms with Crippen molar-refractivity contribution in [2.24, 2.45) is 23.7 Å². The highest BCUT2D eigenvalue weighted by Gasteiger charge is 2.30. The van der Waals surface area contributed by atoms with Crippen molar-refractivity contribution in [3.05, 3.63) is 0 Å². The predicted octanol–water partition coefficient (Wildman–Crippen LogP) is 23.6. The van der Waals surface area contributed by atoms with E-state index in [0.29, 0.717) is 25.7 Å². The number of aliphatic hydroxyl groups excluding tert-OH is 1. The number of unbranched alkanes of at least 4 members (excludes halogenated alkanes) is 41. The minimum absolute atomic E-state index is 0.104. The Labute approximate surface area is 607 Å². The Morgan fingerprint density at radius 2 is 0.485 bits per heavy atom. The summed E-state index contributed by atoms with van der Waals surface area (Å²) in [5.74, 6) is 1.02. The number of hydrogen-bond donors (Lipinski definition) is 3. The first-order chi connectivity index (χ1) is 47.7. The van der Waals surface area contributed by atoms with Gasteiger partial charge in [0.15, 0.2) is 12.2 Å². The van der Waals surface area contributed by atoms with Gasteiger partial charge in [-0.05, 0) is 49.4 Å². The van der Waals surface area contributed by atoms with E-state index in [2.05, 4.69) is 55.4 Å². The fourth-order valence-electron chi connectivity index (χ4n) is 12.2. The maximum atomic E-state index is 13.1. The molecule has 0 rings (SSSR count). The van der Waals surface area contributed by atoms with Crippen molar-refractivity contribution >= 4 is 39.5 Å². The Bertz CT molecular complexity index is 1940. The summed E-state index contributed by atoms with van der Waals surface area (Å²) in [6.45, 7) is 14.3. The van der Waals surface area contributed by atoms with Crippen LogP contribution >= 0.6 is 15.6 Å². The number of esters is 4. The van der Waals surface area contributed by atoms with E-state index >= 15 is 0 Å². The van der Waals surface area contributed by atoms with Gasteiger partial charge >= 0.3 is 39.5 Å². The highest BCUT2D eigenvalue weighted by atomic mass is 31.2. The Kier molecular flexibility index (Phi) is 67.8. The fraction of sp³-hybridized carbons (Fsp3) is 0.950. The first-order valence-corrected chi connectivity index (χ1v) is 44.3. The van der Waals surface area contributed by atoms with E-state index in [9.17, 15) is 43.2 Å². The number of carbonyl (C=O) groups excluding carboxylic acids is 4. The van der Waals surface area contributed by atoms with Crippen LogP contribution in [0, 0.1) is 23.7 Å². The van der Waals surface area contributed by atoms with Crippen LogP contribution < -0.4 is 0 Å². The number of hydrogen-bond acceptors (Lipinski definition) is 15. The lowest BCUT2D eigenvalue weighted by molar-refractivity contribution is -0.161. The molecule has 0 aromatic carbocycles. The van der Waals surface area contributed by atoms with Gasteiger partial charge < -0.3 is 33.8 Å². The molecular weight excluding hydrogens is 1290 g/mol. The second-order valence-electron chi connectivity index (χ2n) is 30.2. The third-order valence-electron chi connectivity index (χ3n) is 19.3. The summed E-state index contributed by atoms with van der Waals surface area (Å²) < 4.78 is 68.6. The Morgan fingerprint density at radius 3 is 0.717 bits per heavy atom. The molecule has 0 amide bonds. The zero-order chi connectivity index (χ0) is 73.1. The van der Waals surface area contributed by atoms with Crippen LogP contribution in [0.25, 0.3) is 0 Å². The van der Waals surface area contributed by atoms with Crippen LogP contribution in [0.4, 0.5) is 0 Å². The van der Waals surface area contributed by atoms with Gasteiger partial charge in [-0.3, -0.25) is 37.3 Å². The van der Waals surface area contributed by atoms with E-state index in [4.69, 9.17) is 37.0 Å². The number of phosphoric acid groups is 2. The van der Waals surface area contributed by atoms with Crippen LogP contribution in [0.5, 0.6) is 0 Å². The SMILES string of the molecule is CCC(C)CCCCCCCCCCCCCCCCCCCCC(=O)OC[C@H](COP(=O)(O)OCC(O)COP(=O)(O)OC[C@@H](COC(=O)CCCCCCCCCCC(C)C)OC(=O)CCCCCCCCCCCC(C)C)OC(=O)CCCCCCCCCCCCC(C)CC. The quantitative estimate of drug-likeness (QED) is 0.0222. The maximum Gasteiger partial charge on any atom is 0.472 e. The van der Waals surface area contributed by atoms with Gasteiger partial charge in [0.25, 0.3) is 0 Å². The summed E-state index contributed by atoms with van der Waals surface area (Å²) in [6.07, 6.45) is 55.5. The molecule has 3 N–H and O–H groups in total. The van der Waals surface area contributed by atoms with Crippen molar-refractivity contribution in [2.75, 3.05) is 39.6 Å². The minimum atomic E-state index is -4.96. The Hall–Kier alpha value is -1.94. The number of aliphatic hydroxyl groups is 1. The zero-order valence-electron chi connectivity index (χ0n) is 65.1. The molecule has 0 aromatic rings. The molecule has 0 radical (unpaired) electrons. The van der Waals surface area contributed by atoms with E-state index < -0.39 is 97.5 Å². The van der Waals surface area contributed by atoms with Crippen LogP contribution in [0.2, 0.25) is 0 Å². The number of carbonyl (C=O) groups is 4. The lowest BCUT2D eigenvalue weighted by atomic mass is 9.99. The van der Waals surface area contributed by atoms with Crippen LogP contribution in [-0.4, -0.2) is 96.7 Å². The van der Waals surface area contributed by atoms with Gasteiger partial charge in [0.2, 0.25) is 0 Å². The van der Waals surface area contributed by atoms with Crippen molar-refractivity contribution in [3.63, 3.8) is 0 Å². The van der Waals surface area contributed by atoms with Crippen LogP contribution in [0.3, 0.4) is 0 Å². The molecule has 0 fully saturated rings. The van der Waals surface area contributed by atoms with Crippen molar-refractivity contribution in [2.45, 2.75) is 427 Å². The highest BCUT2D eigenvalue weighted by molar-refractivity contribution is 7.47. The molecule has 5 unspecified atom stereocenters. The lowest BCUT2D eigenvalue weighted by Gasteiger charge is -2.21.